The standard InChI is InChI=1S/C15H17ClN6O/c1-17-15(21(2)9-12-5-6-23-20-12)18-7-13-10-22-8-11(16)3-4-14(22)19-13/h3-6,8,10H,7,9H2,1-2H3,(H,17,18). The molecule has 1 N–H and O–H groups in total. The second kappa shape index (κ2) is 6.70. The summed E-state index contributed by atoms with van der Waals surface area (Å²) < 4.78 is 6.74. The first-order valence-corrected chi connectivity index (χ1v) is 7.47. The number of guanidine groups is 1. The van der Waals surface area contributed by atoms with Crippen molar-refractivity contribution in [3.8, 4) is 0 Å². The molecule has 7 nitrogen and oxygen atoms in total. The number of hydrogen-bond donors (Lipinski definition) is 1. The molecule has 0 bridgehead atoms. The minimum atomic E-state index is 0.565. The summed E-state index contributed by atoms with van der Waals surface area (Å²) in [5.41, 5.74) is 2.61. The predicted octanol–water partition coefficient (Wildman–Crippen LogP) is 2.18. The molecule has 0 saturated carbocycles. The third-order valence-electron chi connectivity index (χ3n) is 3.36. The zero-order valence-corrected chi connectivity index (χ0v) is 13.7. The molecule has 0 saturated heterocycles. The van der Waals surface area contributed by atoms with Crippen molar-refractivity contribution in [1.29, 1.82) is 0 Å². The normalized spacial score (nSPS) is 11.9. The Morgan fingerprint density at radius 3 is 2.96 bits per heavy atom. The number of nitrogens with zero attached hydrogens (tertiary/aromatic N) is 5. The topological polar surface area (TPSA) is 71.0 Å². The molecule has 0 aliphatic rings. The number of hydrogen-bond acceptors (Lipinski definition) is 4. The first kappa shape index (κ1) is 15.4. The van der Waals surface area contributed by atoms with Crippen molar-refractivity contribution < 1.29 is 4.52 Å². The van der Waals surface area contributed by atoms with Crippen LogP contribution in [0.3, 0.4) is 0 Å². The van der Waals surface area contributed by atoms with Crippen LogP contribution in [0.15, 0.2) is 46.4 Å². The van der Waals surface area contributed by atoms with Gasteiger partial charge in [-0.1, -0.05) is 16.8 Å². The van der Waals surface area contributed by atoms with Crippen molar-refractivity contribution in [1.82, 2.24) is 24.8 Å². The highest BCUT2D eigenvalue weighted by Gasteiger charge is 2.09. The molecule has 0 radical (unpaired) electrons. The molecule has 0 unspecified atom stereocenters. The molecule has 3 heterocycles. The summed E-state index contributed by atoms with van der Waals surface area (Å²) in [6.45, 7) is 1.17. The Labute approximate surface area is 138 Å². The largest absolute Gasteiger partial charge is 0.364 e. The third-order valence-corrected chi connectivity index (χ3v) is 3.58. The summed E-state index contributed by atoms with van der Waals surface area (Å²) >= 11 is 5.98. The molecule has 23 heavy (non-hydrogen) atoms. The van der Waals surface area contributed by atoms with Gasteiger partial charge in [0.2, 0.25) is 0 Å². The molecule has 3 rings (SSSR count). The van der Waals surface area contributed by atoms with E-state index in [1.165, 1.54) is 0 Å². The van der Waals surface area contributed by atoms with Crippen LogP contribution in [0.2, 0.25) is 5.02 Å². The Bertz CT molecular complexity index is 811. The Kier molecular flexibility index (Phi) is 4.47. The van der Waals surface area contributed by atoms with Gasteiger partial charge in [0.25, 0.3) is 0 Å². The smallest absolute Gasteiger partial charge is 0.194 e. The lowest BCUT2D eigenvalue weighted by molar-refractivity contribution is 0.391. The summed E-state index contributed by atoms with van der Waals surface area (Å²) in [6.07, 6.45) is 5.33. The van der Waals surface area contributed by atoms with Gasteiger partial charge in [0.05, 0.1) is 23.8 Å². The van der Waals surface area contributed by atoms with Crippen LogP contribution in [-0.4, -0.2) is 39.5 Å². The summed E-state index contributed by atoms with van der Waals surface area (Å²) in [5.74, 6) is 0.753. The van der Waals surface area contributed by atoms with E-state index in [0.29, 0.717) is 18.1 Å². The van der Waals surface area contributed by atoms with E-state index in [0.717, 1.165) is 23.0 Å². The molecule has 0 aliphatic heterocycles. The molecule has 3 aromatic heterocycles. The van der Waals surface area contributed by atoms with Crippen molar-refractivity contribution in [3.05, 3.63) is 53.3 Å². The number of nitrogens with one attached hydrogen (secondary N) is 1. The molecule has 0 amide bonds. The fourth-order valence-electron chi connectivity index (χ4n) is 2.29. The van der Waals surface area contributed by atoms with Crippen molar-refractivity contribution in [2.75, 3.05) is 14.1 Å². The minimum Gasteiger partial charge on any atom is -0.364 e. The lowest BCUT2D eigenvalue weighted by atomic mass is 10.4. The zero-order valence-electron chi connectivity index (χ0n) is 12.9. The molecule has 0 fully saturated rings. The Morgan fingerprint density at radius 2 is 2.22 bits per heavy atom. The number of aromatic nitrogens is 3. The van der Waals surface area contributed by atoms with Gasteiger partial charge in [-0.25, -0.2) is 4.98 Å². The van der Waals surface area contributed by atoms with E-state index < -0.39 is 0 Å². The number of fused-ring (bicyclic) bond motifs is 1. The highest BCUT2D eigenvalue weighted by Crippen LogP contribution is 2.11. The van der Waals surface area contributed by atoms with Crippen molar-refractivity contribution in [2.24, 2.45) is 4.99 Å². The first-order valence-electron chi connectivity index (χ1n) is 7.10. The van der Waals surface area contributed by atoms with Crippen LogP contribution < -0.4 is 5.32 Å². The van der Waals surface area contributed by atoms with Gasteiger partial charge in [-0.05, 0) is 12.1 Å². The lowest BCUT2D eigenvalue weighted by Gasteiger charge is -2.20. The number of halogens is 1. The summed E-state index contributed by atoms with van der Waals surface area (Å²) in [4.78, 5) is 10.8. The molecule has 0 spiro atoms. The van der Waals surface area contributed by atoms with Crippen LogP contribution >= 0.6 is 11.6 Å². The van der Waals surface area contributed by atoms with E-state index in [-0.39, 0.29) is 0 Å². The number of pyridine rings is 1. The van der Waals surface area contributed by atoms with Crippen LogP contribution in [0.1, 0.15) is 11.4 Å². The van der Waals surface area contributed by atoms with Gasteiger partial charge in [-0.3, -0.25) is 4.99 Å². The Hall–Kier alpha value is -2.54. The highest BCUT2D eigenvalue weighted by molar-refractivity contribution is 6.30. The SMILES string of the molecule is CN=C(NCc1cn2cc(Cl)ccc2n1)N(C)Cc1ccon1. The Balaban J connectivity index is 1.64. The molecule has 0 atom stereocenters. The van der Waals surface area contributed by atoms with Crippen molar-refractivity contribution >= 4 is 23.2 Å². The molecular formula is C15H17ClN6O. The number of rotatable bonds is 4. The molecule has 8 heteroatoms. The van der Waals surface area contributed by atoms with Crippen molar-refractivity contribution in [2.45, 2.75) is 13.1 Å². The number of aliphatic imine (C=N–C) groups is 1. The maximum Gasteiger partial charge on any atom is 0.194 e. The van der Waals surface area contributed by atoms with E-state index in [1.807, 2.05) is 46.9 Å². The minimum absolute atomic E-state index is 0.565. The molecular weight excluding hydrogens is 316 g/mol. The summed E-state index contributed by atoms with van der Waals surface area (Å²) in [5, 5.41) is 7.86. The van der Waals surface area contributed by atoms with Crippen LogP contribution in [0, 0.1) is 0 Å². The van der Waals surface area contributed by atoms with Gasteiger partial charge in [-0.15, -0.1) is 0 Å². The summed E-state index contributed by atoms with van der Waals surface area (Å²) in [7, 11) is 3.68. The first-order chi connectivity index (χ1) is 11.2. The predicted molar refractivity (Wildman–Crippen MR) is 88.4 cm³/mol. The van der Waals surface area contributed by atoms with E-state index in [9.17, 15) is 0 Å². The van der Waals surface area contributed by atoms with Crippen LogP contribution in [0.4, 0.5) is 0 Å². The monoisotopic (exact) mass is 332 g/mol. The van der Waals surface area contributed by atoms with E-state index in [2.05, 4.69) is 20.4 Å². The highest BCUT2D eigenvalue weighted by atomic mass is 35.5. The third kappa shape index (κ3) is 3.62. The molecule has 0 aliphatic carbocycles. The van der Waals surface area contributed by atoms with Gasteiger partial charge in [-0.2, -0.15) is 0 Å². The fraction of sp³-hybridized carbons (Fsp3) is 0.267. The van der Waals surface area contributed by atoms with E-state index in [4.69, 9.17) is 16.1 Å². The van der Waals surface area contributed by atoms with Gasteiger partial charge in [0.15, 0.2) is 5.96 Å². The molecule has 0 aromatic carbocycles. The van der Waals surface area contributed by atoms with Gasteiger partial charge >= 0.3 is 0 Å². The van der Waals surface area contributed by atoms with Gasteiger partial charge in [0, 0.05) is 32.6 Å². The quantitative estimate of drug-likeness (QED) is 0.585. The van der Waals surface area contributed by atoms with Crippen LogP contribution in [0.5, 0.6) is 0 Å². The zero-order chi connectivity index (χ0) is 16.2. The van der Waals surface area contributed by atoms with Gasteiger partial charge < -0.3 is 19.1 Å². The fourth-order valence-corrected chi connectivity index (χ4v) is 2.46. The second-order valence-electron chi connectivity index (χ2n) is 5.09. The second-order valence-corrected chi connectivity index (χ2v) is 5.53. The maximum atomic E-state index is 5.98. The van der Waals surface area contributed by atoms with Crippen LogP contribution in [0.25, 0.3) is 5.65 Å². The van der Waals surface area contributed by atoms with Crippen molar-refractivity contribution in [3.63, 3.8) is 0 Å². The van der Waals surface area contributed by atoms with E-state index in [1.54, 1.807) is 13.3 Å². The lowest BCUT2D eigenvalue weighted by Crippen LogP contribution is -2.38. The maximum absolute atomic E-state index is 5.98. The molecule has 3 aromatic rings. The number of imidazole rings is 1. The Morgan fingerprint density at radius 1 is 1.35 bits per heavy atom. The average molecular weight is 333 g/mol. The molecule has 120 valence electrons. The average Bonchev–Trinajstić information content (AvgIpc) is 3.16. The summed E-state index contributed by atoms with van der Waals surface area (Å²) in [6, 6.07) is 5.54. The van der Waals surface area contributed by atoms with Gasteiger partial charge in [0.1, 0.15) is 17.6 Å². The van der Waals surface area contributed by atoms with Crippen LogP contribution in [-0.2, 0) is 13.1 Å². The van der Waals surface area contributed by atoms with E-state index >= 15 is 0 Å².